The summed E-state index contributed by atoms with van der Waals surface area (Å²) in [6.45, 7) is 0.355. The Morgan fingerprint density at radius 3 is 2.46 bits per heavy atom. The molecule has 2 atom stereocenters. The number of halogens is 3. The molecule has 0 spiro atoms. The summed E-state index contributed by atoms with van der Waals surface area (Å²) in [7, 11) is -3.87. The minimum Gasteiger partial charge on any atom is -0.392 e. The molecular formula is C16H21F3N2O4S. The molecule has 146 valence electrons. The number of hydrogen-bond acceptors (Lipinski definition) is 4. The predicted molar refractivity (Wildman–Crippen MR) is 88.0 cm³/mol. The number of benzene rings is 1. The molecule has 1 amide bonds. The monoisotopic (exact) mass is 394 g/mol. The molecule has 0 bridgehead atoms. The highest BCUT2D eigenvalue weighted by molar-refractivity contribution is 7.89. The largest absolute Gasteiger partial charge is 0.405 e. The van der Waals surface area contributed by atoms with Crippen molar-refractivity contribution < 1.29 is 31.5 Å². The van der Waals surface area contributed by atoms with E-state index in [1.807, 2.05) is 0 Å². The fourth-order valence-corrected chi connectivity index (χ4v) is 4.67. The molecule has 2 N–H and O–H groups in total. The van der Waals surface area contributed by atoms with E-state index in [1.54, 1.807) is 5.32 Å². The van der Waals surface area contributed by atoms with Crippen molar-refractivity contribution in [2.75, 3.05) is 13.1 Å². The first-order valence-corrected chi connectivity index (χ1v) is 9.61. The fourth-order valence-electron chi connectivity index (χ4n) is 2.91. The number of piperidine rings is 1. The number of sulfonamides is 1. The lowest BCUT2D eigenvalue weighted by atomic mass is 10.0. The van der Waals surface area contributed by atoms with E-state index in [1.165, 1.54) is 35.5 Å². The van der Waals surface area contributed by atoms with Crippen LogP contribution in [0.2, 0.25) is 0 Å². The first kappa shape index (κ1) is 20.7. The zero-order valence-corrected chi connectivity index (χ0v) is 15.0. The molecule has 0 aliphatic carbocycles. The van der Waals surface area contributed by atoms with Crippen molar-refractivity contribution in [3.8, 4) is 0 Å². The van der Waals surface area contributed by atoms with Gasteiger partial charge in [-0.15, -0.1) is 0 Å². The van der Waals surface area contributed by atoms with Crippen molar-refractivity contribution in [1.82, 2.24) is 9.62 Å². The normalized spacial score (nSPS) is 20.6. The van der Waals surface area contributed by atoms with Gasteiger partial charge in [-0.25, -0.2) is 8.42 Å². The molecule has 1 fully saturated rings. The number of carbonyl (C=O) groups excluding carboxylic acids is 1. The van der Waals surface area contributed by atoms with Crippen LogP contribution >= 0.6 is 0 Å². The molecule has 2 rings (SSSR count). The number of aliphatic hydroxyl groups is 1. The van der Waals surface area contributed by atoms with Crippen LogP contribution < -0.4 is 5.32 Å². The number of alkyl halides is 3. The Morgan fingerprint density at radius 1 is 1.31 bits per heavy atom. The molecule has 0 saturated carbocycles. The number of nitrogens with one attached hydrogen (secondary N) is 1. The van der Waals surface area contributed by atoms with Gasteiger partial charge in [0.1, 0.15) is 6.54 Å². The second-order valence-electron chi connectivity index (χ2n) is 6.24. The quantitative estimate of drug-likeness (QED) is 0.799. The van der Waals surface area contributed by atoms with Crippen LogP contribution in [0.4, 0.5) is 13.2 Å². The van der Waals surface area contributed by atoms with Crippen LogP contribution in [-0.2, 0) is 10.0 Å². The minimum absolute atomic E-state index is 0.0704. The smallest absolute Gasteiger partial charge is 0.392 e. The third-order valence-electron chi connectivity index (χ3n) is 4.23. The highest BCUT2D eigenvalue weighted by atomic mass is 32.2. The molecule has 6 nitrogen and oxygen atoms in total. The maximum atomic E-state index is 12.8. The van der Waals surface area contributed by atoms with Crippen molar-refractivity contribution >= 4 is 15.9 Å². The van der Waals surface area contributed by atoms with Crippen molar-refractivity contribution in [2.45, 2.75) is 49.4 Å². The maximum absolute atomic E-state index is 12.8. The standard InChI is InChI=1S/C16H21F3N2O4S/c1-11(22)14-4-2-3-9-21(14)26(24,25)13-7-5-12(6-8-13)15(23)20-10-16(17,18)19/h5-8,11,14,22H,2-4,9-10H2,1H3,(H,20,23)/t11-,14+/m0/s1. The topological polar surface area (TPSA) is 86.7 Å². The average molecular weight is 394 g/mol. The van der Waals surface area contributed by atoms with E-state index in [2.05, 4.69) is 0 Å². The van der Waals surface area contributed by atoms with E-state index < -0.39 is 40.8 Å². The van der Waals surface area contributed by atoms with Crippen LogP contribution in [0.15, 0.2) is 29.2 Å². The Balaban J connectivity index is 2.17. The lowest BCUT2D eigenvalue weighted by Gasteiger charge is -2.36. The van der Waals surface area contributed by atoms with Gasteiger partial charge in [0, 0.05) is 12.1 Å². The molecule has 1 aliphatic rings. The minimum atomic E-state index is -4.52. The van der Waals surface area contributed by atoms with Crippen LogP contribution in [0.5, 0.6) is 0 Å². The van der Waals surface area contributed by atoms with E-state index in [-0.39, 0.29) is 17.0 Å². The second kappa shape index (κ2) is 7.93. The van der Waals surface area contributed by atoms with E-state index >= 15 is 0 Å². The first-order valence-electron chi connectivity index (χ1n) is 8.17. The van der Waals surface area contributed by atoms with E-state index in [4.69, 9.17) is 0 Å². The molecule has 10 heteroatoms. The maximum Gasteiger partial charge on any atom is 0.405 e. The van der Waals surface area contributed by atoms with Gasteiger partial charge in [0.25, 0.3) is 5.91 Å². The van der Waals surface area contributed by atoms with Crippen molar-refractivity contribution in [3.63, 3.8) is 0 Å². The molecule has 1 aromatic carbocycles. The number of carbonyl (C=O) groups is 1. The Hall–Kier alpha value is -1.65. The number of nitrogens with zero attached hydrogens (tertiary/aromatic N) is 1. The highest BCUT2D eigenvalue weighted by Crippen LogP contribution is 2.27. The lowest BCUT2D eigenvalue weighted by Crippen LogP contribution is -2.48. The second-order valence-corrected chi connectivity index (χ2v) is 8.13. The molecule has 0 aromatic heterocycles. The summed E-state index contributed by atoms with van der Waals surface area (Å²) in [5.74, 6) is -0.939. The van der Waals surface area contributed by atoms with Crippen molar-refractivity contribution in [3.05, 3.63) is 29.8 Å². The van der Waals surface area contributed by atoms with Crippen LogP contribution in [0, 0.1) is 0 Å². The number of amides is 1. The molecular weight excluding hydrogens is 373 g/mol. The van der Waals surface area contributed by atoms with Gasteiger partial charge < -0.3 is 10.4 Å². The van der Waals surface area contributed by atoms with Gasteiger partial charge in [0.05, 0.1) is 17.0 Å². The summed E-state index contributed by atoms with van der Waals surface area (Å²) in [5.41, 5.74) is -0.0704. The van der Waals surface area contributed by atoms with Gasteiger partial charge in [0.2, 0.25) is 10.0 Å². The van der Waals surface area contributed by atoms with Gasteiger partial charge in [-0.05, 0) is 44.0 Å². The average Bonchev–Trinajstić information content (AvgIpc) is 2.59. The van der Waals surface area contributed by atoms with Gasteiger partial charge in [0.15, 0.2) is 0 Å². The summed E-state index contributed by atoms with van der Waals surface area (Å²) < 4.78 is 63.3. The summed E-state index contributed by atoms with van der Waals surface area (Å²) in [6, 6.07) is 4.18. The SMILES string of the molecule is C[C@H](O)[C@H]1CCCCN1S(=O)(=O)c1ccc(C(=O)NCC(F)(F)F)cc1. The van der Waals surface area contributed by atoms with E-state index in [9.17, 15) is 31.5 Å². The summed E-state index contributed by atoms with van der Waals surface area (Å²) >= 11 is 0. The van der Waals surface area contributed by atoms with E-state index in [0.717, 1.165) is 6.42 Å². The Kier molecular flexibility index (Phi) is 6.30. The number of aliphatic hydroxyl groups excluding tert-OH is 1. The molecule has 26 heavy (non-hydrogen) atoms. The fraction of sp³-hybridized carbons (Fsp3) is 0.562. The summed E-state index contributed by atoms with van der Waals surface area (Å²) in [6.07, 6.45) is -3.30. The molecule has 0 unspecified atom stereocenters. The third-order valence-corrected chi connectivity index (χ3v) is 6.17. The van der Waals surface area contributed by atoms with Crippen LogP contribution in [0.1, 0.15) is 36.5 Å². The molecule has 1 aliphatic heterocycles. The van der Waals surface area contributed by atoms with Gasteiger partial charge in [-0.3, -0.25) is 4.79 Å². The lowest BCUT2D eigenvalue weighted by molar-refractivity contribution is -0.123. The van der Waals surface area contributed by atoms with Gasteiger partial charge >= 0.3 is 6.18 Å². The highest BCUT2D eigenvalue weighted by Gasteiger charge is 2.36. The Morgan fingerprint density at radius 2 is 1.92 bits per heavy atom. The van der Waals surface area contributed by atoms with E-state index in [0.29, 0.717) is 12.8 Å². The van der Waals surface area contributed by atoms with Crippen LogP contribution in [0.25, 0.3) is 0 Å². The zero-order chi connectivity index (χ0) is 19.5. The third kappa shape index (κ3) is 4.95. The first-order chi connectivity index (χ1) is 12.0. The summed E-state index contributed by atoms with van der Waals surface area (Å²) in [4.78, 5) is 11.6. The molecule has 1 heterocycles. The Bertz CT molecular complexity index is 733. The zero-order valence-electron chi connectivity index (χ0n) is 14.2. The number of hydrogen-bond donors (Lipinski definition) is 2. The molecule has 0 radical (unpaired) electrons. The molecule has 1 saturated heterocycles. The van der Waals surface area contributed by atoms with Crippen LogP contribution in [0.3, 0.4) is 0 Å². The molecule has 1 aromatic rings. The Labute approximate surface area is 150 Å². The van der Waals surface area contributed by atoms with Gasteiger partial charge in [-0.2, -0.15) is 17.5 Å². The predicted octanol–water partition coefficient (Wildman–Crippen LogP) is 1.90. The summed E-state index contributed by atoms with van der Waals surface area (Å²) in [5, 5.41) is 11.6. The van der Waals surface area contributed by atoms with Crippen molar-refractivity contribution in [1.29, 1.82) is 0 Å². The van der Waals surface area contributed by atoms with Gasteiger partial charge in [-0.1, -0.05) is 6.42 Å². The van der Waals surface area contributed by atoms with Crippen molar-refractivity contribution in [2.24, 2.45) is 0 Å². The van der Waals surface area contributed by atoms with Crippen LogP contribution in [-0.4, -0.2) is 55.1 Å². The number of rotatable bonds is 5.